The van der Waals surface area contributed by atoms with Gasteiger partial charge in [0, 0.05) is 10.9 Å². The molecule has 0 atom stereocenters. The zero-order valence-electron chi connectivity index (χ0n) is 14.9. The summed E-state index contributed by atoms with van der Waals surface area (Å²) >= 11 is 0. The van der Waals surface area contributed by atoms with Crippen molar-refractivity contribution in [3.8, 4) is 11.6 Å². The highest BCUT2D eigenvalue weighted by atomic mass is 19.1. The van der Waals surface area contributed by atoms with Crippen molar-refractivity contribution >= 4 is 17.1 Å². The lowest BCUT2D eigenvalue weighted by atomic mass is 10.1. The SMILES string of the molecule is Cc1nn(-c2ccc(F)cc2)c2nc3c(cc12)CN(Cc1ccco1)C(=O)O3. The Morgan fingerprint density at radius 2 is 2.04 bits per heavy atom. The molecule has 0 N–H and O–H groups in total. The lowest BCUT2D eigenvalue weighted by molar-refractivity contribution is 0.129. The highest BCUT2D eigenvalue weighted by Crippen LogP contribution is 2.31. The van der Waals surface area contributed by atoms with E-state index in [1.807, 2.05) is 13.0 Å². The number of hydrogen-bond donors (Lipinski definition) is 0. The van der Waals surface area contributed by atoms with Crippen LogP contribution in [0.2, 0.25) is 0 Å². The maximum atomic E-state index is 13.2. The zero-order valence-corrected chi connectivity index (χ0v) is 14.9. The predicted molar refractivity (Wildman–Crippen MR) is 97.5 cm³/mol. The first-order valence-corrected chi connectivity index (χ1v) is 8.73. The monoisotopic (exact) mass is 378 g/mol. The van der Waals surface area contributed by atoms with Crippen LogP contribution >= 0.6 is 0 Å². The number of carbonyl (C=O) groups excluding carboxylic acids is 1. The fraction of sp³-hybridized carbons (Fsp3) is 0.150. The van der Waals surface area contributed by atoms with Gasteiger partial charge in [0.25, 0.3) is 0 Å². The minimum atomic E-state index is -0.486. The lowest BCUT2D eigenvalue weighted by Gasteiger charge is -2.26. The van der Waals surface area contributed by atoms with E-state index >= 15 is 0 Å². The number of amides is 1. The average molecular weight is 378 g/mol. The summed E-state index contributed by atoms with van der Waals surface area (Å²) in [6, 6.07) is 11.5. The van der Waals surface area contributed by atoms with Crippen molar-refractivity contribution in [2.24, 2.45) is 0 Å². The molecule has 1 aliphatic rings. The van der Waals surface area contributed by atoms with E-state index in [4.69, 9.17) is 9.15 Å². The van der Waals surface area contributed by atoms with Crippen LogP contribution in [0.25, 0.3) is 16.7 Å². The van der Waals surface area contributed by atoms with Crippen molar-refractivity contribution in [3.05, 3.63) is 71.6 Å². The highest BCUT2D eigenvalue weighted by molar-refractivity contribution is 5.83. The zero-order chi connectivity index (χ0) is 19.3. The minimum absolute atomic E-state index is 0.261. The molecule has 4 aromatic rings. The fourth-order valence-electron chi connectivity index (χ4n) is 3.30. The molecule has 1 aromatic carbocycles. The van der Waals surface area contributed by atoms with Gasteiger partial charge in [-0.25, -0.2) is 13.9 Å². The highest BCUT2D eigenvalue weighted by Gasteiger charge is 2.28. The van der Waals surface area contributed by atoms with Crippen molar-refractivity contribution in [3.63, 3.8) is 0 Å². The van der Waals surface area contributed by atoms with Crippen LogP contribution in [0.1, 0.15) is 17.0 Å². The first-order valence-electron chi connectivity index (χ1n) is 8.73. The molecule has 4 heterocycles. The molecule has 0 unspecified atom stereocenters. The topological polar surface area (TPSA) is 73.4 Å². The van der Waals surface area contributed by atoms with E-state index < -0.39 is 6.09 Å². The molecule has 0 radical (unpaired) electrons. The lowest BCUT2D eigenvalue weighted by Crippen LogP contribution is -2.36. The van der Waals surface area contributed by atoms with Gasteiger partial charge in [0.15, 0.2) is 5.65 Å². The summed E-state index contributed by atoms with van der Waals surface area (Å²) in [7, 11) is 0. The molecule has 0 bridgehead atoms. The second-order valence-corrected chi connectivity index (χ2v) is 6.60. The molecule has 5 rings (SSSR count). The van der Waals surface area contributed by atoms with Crippen LogP contribution in [0, 0.1) is 12.7 Å². The average Bonchev–Trinajstić information content (AvgIpc) is 3.30. The van der Waals surface area contributed by atoms with Crippen LogP contribution < -0.4 is 4.74 Å². The molecule has 0 spiro atoms. The number of benzene rings is 1. The van der Waals surface area contributed by atoms with Crippen LogP contribution in [-0.2, 0) is 13.1 Å². The minimum Gasteiger partial charge on any atom is -0.467 e. The molecule has 1 amide bonds. The van der Waals surface area contributed by atoms with Gasteiger partial charge in [-0.3, -0.25) is 4.90 Å². The molecule has 1 aliphatic heterocycles. The van der Waals surface area contributed by atoms with Gasteiger partial charge >= 0.3 is 6.09 Å². The Balaban J connectivity index is 1.55. The van der Waals surface area contributed by atoms with Crippen molar-refractivity contribution in [2.75, 3.05) is 0 Å². The van der Waals surface area contributed by atoms with Gasteiger partial charge < -0.3 is 9.15 Å². The Morgan fingerprint density at radius 3 is 2.79 bits per heavy atom. The molecule has 3 aromatic heterocycles. The number of fused-ring (bicyclic) bond motifs is 2. The molecule has 8 heteroatoms. The third kappa shape index (κ3) is 2.70. The summed E-state index contributed by atoms with van der Waals surface area (Å²) in [6.07, 6.45) is 1.08. The summed E-state index contributed by atoms with van der Waals surface area (Å²) in [5, 5.41) is 5.37. The van der Waals surface area contributed by atoms with Crippen LogP contribution in [0.3, 0.4) is 0 Å². The first kappa shape index (κ1) is 16.5. The van der Waals surface area contributed by atoms with Crippen LogP contribution in [0.4, 0.5) is 9.18 Å². The summed E-state index contributed by atoms with van der Waals surface area (Å²) in [4.78, 5) is 18.5. The van der Waals surface area contributed by atoms with E-state index in [-0.39, 0.29) is 11.7 Å². The van der Waals surface area contributed by atoms with E-state index in [0.29, 0.717) is 30.2 Å². The number of pyridine rings is 1. The van der Waals surface area contributed by atoms with Crippen LogP contribution in [0.5, 0.6) is 5.88 Å². The largest absolute Gasteiger partial charge is 0.467 e. The Morgan fingerprint density at radius 1 is 1.21 bits per heavy atom. The number of aryl methyl sites for hydroxylation is 1. The van der Waals surface area contributed by atoms with Gasteiger partial charge in [-0.15, -0.1) is 0 Å². The molecule has 0 saturated heterocycles. The Bertz CT molecular complexity index is 1180. The second kappa shape index (κ2) is 6.19. The number of aromatic nitrogens is 3. The maximum Gasteiger partial charge on any atom is 0.417 e. The fourth-order valence-corrected chi connectivity index (χ4v) is 3.30. The van der Waals surface area contributed by atoms with E-state index in [1.165, 1.54) is 12.1 Å². The quantitative estimate of drug-likeness (QED) is 0.539. The number of hydrogen-bond acceptors (Lipinski definition) is 5. The number of nitrogens with zero attached hydrogens (tertiary/aromatic N) is 4. The van der Waals surface area contributed by atoms with E-state index in [0.717, 1.165) is 16.6 Å². The van der Waals surface area contributed by atoms with Crippen LogP contribution in [0.15, 0.2) is 53.1 Å². The van der Waals surface area contributed by atoms with Crippen molar-refractivity contribution < 1.29 is 18.3 Å². The number of furan rings is 1. The third-order valence-corrected chi connectivity index (χ3v) is 4.68. The van der Waals surface area contributed by atoms with E-state index in [9.17, 15) is 9.18 Å². The van der Waals surface area contributed by atoms with Gasteiger partial charge in [0.05, 0.1) is 30.7 Å². The number of carbonyl (C=O) groups is 1. The molecule has 28 heavy (non-hydrogen) atoms. The first-order chi connectivity index (χ1) is 13.6. The third-order valence-electron chi connectivity index (χ3n) is 4.68. The van der Waals surface area contributed by atoms with E-state index in [1.54, 1.807) is 40.1 Å². The van der Waals surface area contributed by atoms with Crippen molar-refractivity contribution in [1.82, 2.24) is 19.7 Å². The van der Waals surface area contributed by atoms with E-state index in [2.05, 4.69) is 10.1 Å². The number of ether oxygens (including phenoxy) is 1. The normalized spacial score (nSPS) is 13.6. The molecular formula is C20H15FN4O3. The van der Waals surface area contributed by atoms with Gasteiger partial charge in [0.1, 0.15) is 11.6 Å². The Kier molecular flexibility index (Phi) is 3.65. The van der Waals surface area contributed by atoms with Gasteiger partial charge in [-0.2, -0.15) is 10.1 Å². The summed E-state index contributed by atoms with van der Waals surface area (Å²) in [5.41, 5.74) is 2.80. The maximum absolute atomic E-state index is 13.2. The molecule has 0 fully saturated rings. The molecular weight excluding hydrogens is 363 g/mol. The summed E-state index contributed by atoms with van der Waals surface area (Å²) < 4.78 is 25.6. The van der Waals surface area contributed by atoms with Crippen molar-refractivity contribution in [2.45, 2.75) is 20.0 Å². The molecule has 7 nitrogen and oxygen atoms in total. The molecule has 0 saturated carbocycles. The van der Waals surface area contributed by atoms with Gasteiger partial charge in [-0.05, 0) is 49.4 Å². The molecule has 0 aliphatic carbocycles. The van der Waals surface area contributed by atoms with Crippen molar-refractivity contribution in [1.29, 1.82) is 0 Å². The van der Waals surface area contributed by atoms with Crippen LogP contribution in [-0.4, -0.2) is 25.8 Å². The smallest absolute Gasteiger partial charge is 0.417 e. The Labute approximate surface area is 159 Å². The summed E-state index contributed by atoms with van der Waals surface area (Å²) in [5.74, 6) is 0.610. The second-order valence-electron chi connectivity index (χ2n) is 6.60. The number of halogens is 1. The molecule has 140 valence electrons. The van der Waals surface area contributed by atoms with Gasteiger partial charge in [0.2, 0.25) is 5.88 Å². The standard InChI is InChI=1S/C20H15FN4O3/c1-12-17-9-13-10-24(11-16-3-2-8-27-16)20(26)28-19(13)22-18(17)25(23-12)15-6-4-14(21)5-7-15/h2-9H,10-11H2,1H3. The number of rotatable bonds is 3. The summed E-state index contributed by atoms with van der Waals surface area (Å²) in [6.45, 7) is 2.56. The predicted octanol–water partition coefficient (Wildman–Crippen LogP) is 3.98. The Hall–Kier alpha value is -3.68. The van der Waals surface area contributed by atoms with Gasteiger partial charge in [-0.1, -0.05) is 0 Å².